The van der Waals surface area contributed by atoms with E-state index < -0.39 is 27.9 Å². The predicted octanol–water partition coefficient (Wildman–Crippen LogP) is 4.00. The molecule has 1 aromatic carbocycles. The summed E-state index contributed by atoms with van der Waals surface area (Å²) in [5, 5.41) is 1.77. The van der Waals surface area contributed by atoms with Crippen molar-refractivity contribution >= 4 is 38.2 Å². The van der Waals surface area contributed by atoms with Crippen LogP contribution in [-0.2, 0) is 21.4 Å². The van der Waals surface area contributed by atoms with Crippen LogP contribution in [0.1, 0.15) is 18.4 Å². The van der Waals surface area contributed by atoms with Gasteiger partial charge in [-0.15, -0.1) is 11.3 Å². The molecule has 30 heavy (non-hydrogen) atoms. The van der Waals surface area contributed by atoms with E-state index in [2.05, 4.69) is 9.64 Å². The molecule has 1 fully saturated rings. The average Bonchev–Trinajstić information content (AvgIpc) is 3.42. The lowest BCUT2D eigenvalue weighted by atomic mass is 10.1. The number of hydrogen-bond acceptors (Lipinski definition) is 6. The number of thiophene rings is 1. The van der Waals surface area contributed by atoms with Crippen molar-refractivity contribution in [2.24, 2.45) is 0 Å². The van der Waals surface area contributed by atoms with E-state index in [-0.39, 0.29) is 15.1 Å². The van der Waals surface area contributed by atoms with Gasteiger partial charge in [0.15, 0.2) is 5.75 Å². The minimum Gasteiger partial charge on any atom is -0.418 e. The minimum absolute atomic E-state index is 0.0260. The van der Waals surface area contributed by atoms with Crippen LogP contribution < -0.4 is 4.74 Å². The zero-order valence-corrected chi connectivity index (χ0v) is 17.2. The molecule has 2 aromatic heterocycles. The van der Waals surface area contributed by atoms with Crippen LogP contribution in [0.15, 0.2) is 46.1 Å². The number of esters is 1. The van der Waals surface area contributed by atoms with Crippen molar-refractivity contribution in [3.05, 3.63) is 47.5 Å². The monoisotopic (exact) mass is 458 g/mol. The fourth-order valence-corrected chi connectivity index (χ4v) is 5.98. The summed E-state index contributed by atoms with van der Waals surface area (Å²) in [6, 6.07) is 7.80. The number of fused-ring (bicyclic) bond motifs is 1. The average molecular weight is 458 g/mol. The highest BCUT2D eigenvalue weighted by molar-refractivity contribution is 7.92. The molecule has 0 amide bonds. The van der Waals surface area contributed by atoms with Gasteiger partial charge >= 0.3 is 12.1 Å². The Kier molecular flexibility index (Phi) is 5.37. The third-order valence-electron chi connectivity index (χ3n) is 4.88. The van der Waals surface area contributed by atoms with Crippen molar-refractivity contribution in [2.75, 3.05) is 13.1 Å². The van der Waals surface area contributed by atoms with Gasteiger partial charge in [0, 0.05) is 11.9 Å². The van der Waals surface area contributed by atoms with Gasteiger partial charge in [0.1, 0.15) is 4.21 Å². The molecule has 0 unspecified atom stereocenters. The maximum absolute atomic E-state index is 13.1. The Morgan fingerprint density at radius 2 is 1.87 bits per heavy atom. The van der Waals surface area contributed by atoms with Gasteiger partial charge in [-0.1, -0.05) is 18.2 Å². The molecular weight excluding hydrogens is 441 g/mol. The third kappa shape index (κ3) is 3.84. The highest BCUT2D eigenvalue weighted by Crippen LogP contribution is 2.36. The number of alkyl halides is 3. The summed E-state index contributed by atoms with van der Waals surface area (Å²) < 4.78 is 70.1. The van der Waals surface area contributed by atoms with Crippen molar-refractivity contribution in [3.63, 3.8) is 0 Å². The summed E-state index contributed by atoms with van der Waals surface area (Å²) in [6.07, 6.45) is -2.24. The molecule has 0 bridgehead atoms. The molecule has 0 saturated carbocycles. The van der Waals surface area contributed by atoms with Crippen LogP contribution >= 0.6 is 11.3 Å². The lowest BCUT2D eigenvalue weighted by molar-refractivity contribution is -0.189. The van der Waals surface area contributed by atoms with Crippen molar-refractivity contribution in [1.82, 2.24) is 8.87 Å². The molecule has 0 aliphatic carbocycles. The highest BCUT2D eigenvalue weighted by Gasteiger charge is 2.42. The first-order valence-corrected chi connectivity index (χ1v) is 11.4. The number of carbonyl (C=O) groups is 1. The Morgan fingerprint density at radius 3 is 2.50 bits per heavy atom. The zero-order chi connectivity index (χ0) is 21.5. The minimum atomic E-state index is -5.20. The van der Waals surface area contributed by atoms with Crippen molar-refractivity contribution in [1.29, 1.82) is 0 Å². The number of ether oxygens (including phenoxy) is 1. The standard InChI is InChI=1S/C19H17F3N2O4S2/c20-19(21,22)18(25)28-15-12-24(30(26,27)16-7-4-10-29-16)14-6-3-5-13(17(14)15)11-23-8-1-2-9-23/h3-7,10,12H,1-2,8-9,11H2. The molecule has 11 heteroatoms. The SMILES string of the molecule is O=C(Oc1cn(S(=O)(=O)c2cccs2)c2cccc(CN3CCCC3)c12)C(F)(F)F. The van der Waals surface area contributed by atoms with E-state index >= 15 is 0 Å². The van der Waals surface area contributed by atoms with Crippen LogP contribution in [-0.4, -0.2) is 42.5 Å². The largest absolute Gasteiger partial charge is 0.491 e. The van der Waals surface area contributed by atoms with Gasteiger partial charge in [-0.05, 0) is 49.0 Å². The number of aromatic nitrogens is 1. The van der Waals surface area contributed by atoms with Gasteiger partial charge in [0.05, 0.1) is 11.7 Å². The van der Waals surface area contributed by atoms with Crippen LogP contribution in [0.4, 0.5) is 13.2 Å². The molecule has 4 rings (SSSR count). The highest BCUT2D eigenvalue weighted by atomic mass is 32.2. The van der Waals surface area contributed by atoms with Gasteiger partial charge in [-0.2, -0.15) is 21.6 Å². The van der Waals surface area contributed by atoms with Gasteiger partial charge in [0.25, 0.3) is 10.0 Å². The second kappa shape index (κ2) is 7.71. The van der Waals surface area contributed by atoms with Gasteiger partial charge < -0.3 is 4.74 Å². The van der Waals surface area contributed by atoms with Crippen LogP contribution in [0.5, 0.6) is 5.75 Å². The van der Waals surface area contributed by atoms with E-state index in [0.717, 1.165) is 47.4 Å². The van der Waals surface area contributed by atoms with E-state index in [1.807, 2.05) is 0 Å². The Bertz CT molecular complexity index is 1180. The first kappa shape index (κ1) is 20.9. The summed E-state index contributed by atoms with van der Waals surface area (Å²) in [7, 11) is -4.07. The molecule has 0 radical (unpaired) electrons. The molecule has 0 N–H and O–H groups in total. The quantitative estimate of drug-likeness (QED) is 0.541. The fourth-order valence-electron chi connectivity index (χ4n) is 3.55. The molecule has 160 valence electrons. The Labute approximate surface area is 174 Å². The smallest absolute Gasteiger partial charge is 0.418 e. The third-order valence-corrected chi connectivity index (χ3v) is 7.93. The van der Waals surface area contributed by atoms with E-state index in [9.17, 15) is 26.4 Å². The second-order valence-electron chi connectivity index (χ2n) is 6.91. The van der Waals surface area contributed by atoms with E-state index in [1.54, 1.807) is 23.6 Å². The molecule has 1 aliphatic heterocycles. The molecule has 6 nitrogen and oxygen atoms in total. The van der Waals surface area contributed by atoms with Crippen LogP contribution in [0.2, 0.25) is 0 Å². The normalized spacial score (nSPS) is 15.7. The molecule has 1 aliphatic rings. The lowest BCUT2D eigenvalue weighted by Crippen LogP contribution is -2.28. The Balaban J connectivity index is 1.88. The first-order valence-electron chi connectivity index (χ1n) is 9.11. The van der Waals surface area contributed by atoms with E-state index in [4.69, 9.17) is 0 Å². The van der Waals surface area contributed by atoms with Crippen molar-refractivity contribution < 1.29 is 31.1 Å². The van der Waals surface area contributed by atoms with Gasteiger partial charge in [0.2, 0.25) is 0 Å². The number of carbonyl (C=O) groups excluding carboxylic acids is 1. The van der Waals surface area contributed by atoms with E-state index in [0.29, 0.717) is 12.1 Å². The first-order chi connectivity index (χ1) is 14.2. The maximum Gasteiger partial charge on any atom is 0.491 e. The summed E-state index contributed by atoms with van der Waals surface area (Å²) in [5.74, 6) is -2.83. The van der Waals surface area contributed by atoms with Crippen molar-refractivity contribution in [3.8, 4) is 5.75 Å². The fraction of sp³-hybridized carbons (Fsp3) is 0.316. The van der Waals surface area contributed by atoms with Gasteiger partial charge in [-0.25, -0.2) is 8.77 Å². The number of benzene rings is 1. The number of halogens is 3. The van der Waals surface area contributed by atoms with E-state index in [1.165, 1.54) is 12.1 Å². The lowest BCUT2D eigenvalue weighted by Gasteiger charge is -2.16. The number of likely N-dealkylation sites (tertiary alicyclic amines) is 1. The topological polar surface area (TPSA) is 68.6 Å². The molecule has 3 aromatic rings. The molecule has 0 atom stereocenters. The van der Waals surface area contributed by atoms with Gasteiger partial charge in [-0.3, -0.25) is 4.90 Å². The Hall–Kier alpha value is -2.37. The molecular formula is C19H17F3N2O4S2. The number of nitrogens with zero attached hydrogens (tertiary/aromatic N) is 2. The second-order valence-corrected chi connectivity index (χ2v) is 9.90. The molecule has 1 saturated heterocycles. The molecule has 3 heterocycles. The number of hydrogen-bond donors (Lipinski definition) is 0. The van der Waals surface area contributed by atoms with Crippen molar-refractivity contribution in [2.45, 2.75) is 29.8 Å². The molecule has 0 spiro atoms. The number of rotatable bonds is 5. The summed E-state index contributed by atoms with van der Waals surface area (Å²) in [6.45, 7) is 2.08. The Morgan fingerprint density at radius 1 is 1.13 bits per heavy atom. The van der Waals surface area contributed by atoms with Crippen LogP contribution in [0.25, 0.3) is 10.9 Å². The maximum atomic E-state index is 13.1. The summed E-state index contributed by atoms with van der Waals surface area (Å²) in [4.78, 5) is 13.6. The van der Waals surface area contributed by atoms with Crippen LogP contribution in [0.3, 0.4) is 0 Å². The predicted molar refractivity (Wildman–Crippen MR) is 105 cm³/mol. The summed E-state index contributed by atoms with van der Waals surface area (Å²) >= 11 is 0.986. The summed E-state index contributed by atoms with van der Waals surface area (Å²) in [5.41, 5.74) is 0.754. The zero-order valence-electron chi connectivity index (χ0n) is 15.6. The van der Waals surface area contributed by atoms with Crippen LogP contribution in [0, 0.1) is 0 Å².